The first-order chi connectivity index (χ1) is 10.6. The number of likely N-dealkylation sites (tertiary alicyclic amines) is 1. The van der Waals surface area contributed by atoms with Crippen LogP contribution in [0.5, 0.6) is 0 Å². The van der Waals surface area contributed by atoms with Gasteiger partial charge in [0.25, 0.3) is 0 Å². The number of rotatable bonds is 3. The van der Waals surface area contributed by atoms with Gasteiger partial charge in [0, 0.05) is 24.8 Å². The molecule has 2 N–H and O–H groups in total. The van der Waals surface area contributed by atoms with Crippen molar-refractivity contribution in [3.8, 4) is 0 Å². The van der Waals surface area contributed by atoms with Crippen LogP contribution in [0.25, 0.3) is 0 Å². The third kappa shape index (κ3) is 4.65. The molecule has 0 saturated carbocycles. The standard InChI is InChI=1S/C16H23N3O3/c1-3-22-16(21)19-10-8-14(9-11-19)18-15(20)17-13-6-4-12(2)5-7-13/h4-7,14H,3,8-11H2,1-2H3,(H2,17,18,20). The Morgan fingerprint density at radius 2 is 1.86 bits per heavy atom. The molecule has 6 heteroatoms. The van der Waals surface area contributed by atoms with Gasteiger partial charge in [0.15, 0.2) is 0 Å². The van der Waals surface area contributed by atoms with E-state index in [1.165, 1.54) is 0 Å². The maximum atomic E-state index is 12.0. The van der Waals surface area contributed by atoms with Crippen LogP contribution in [0.4, 0.5) is 15.3 Å². The van der Waals surface area contributed by atoms with Crippen LogP contribution in [0.3, 0.4) is 0 Å². The van der Waals surface area contributed by atoms with Gasteiger partial charge in [-0.15, -0.1) is 0 Å². The molecule has 0 radical (unpaired) electrons. The molecule has 1 aromatic rings. The highest BCUT2D eigenvalue weighted by Crippen LogP contribution is 2.12. The van der Waals surface area contributed by atoms with Gasteiger partial charge >= 0.3 is 12.1 Å². The van der Waals surface area contributed by atoms with Gasteiger partial charge in [-0.1, -0.05) is 17.7 Å². The van der Waals surface area contributed by atoms with Gasteiger partial charge < -0.3 is 20.3 Å². The molecule has 22 heavy (non-hydrogen) atoms. The van der Waals surface area contributed by atoms with Crippen molar-refractivity contribution in [3.05, 3.63) is 29.8 Å². The Kier molecular flexibility index (Phi) is 5.63. The molecule has 3 amide bonds. The zero-order chi connectivity index (χ0) is 15.9. The largest absolute Gasteiger partial charge is 0.450 e. The van der Waals surface area contributed by atoms with Gasteiger partial charge in [0.05, 0.1) is 6.61 Å². The van der Waals surface area contributed by atoms with Crippen LogP contribution in [-0.2, 0) is 4.74 Å². The van der Waals surface area contributed by atoms with E-state index >= 15 is 0 Å². The number of ether oxygens (including phenoxy) is 1. The SMILES string of the molecule is CCOC(=O)N1CCC(NC(=O)Nc2ccc(C)cc2)CC1. The molecule has 1 aromatic carbocycles. The summed E-state index contributed by atoms with van der Waals surface area (Å²) in [7, 11) is 0. The van der Waals surface area contributed by atoms with Crippen LogP contribution < -0.4 is 10.6 Å². The summed E-state index contributed by atoms with van der Waals surface area (Å²) in [6.45, 7) is 5.39. The highest BCUT2D eigenvalue weighted by atomic mass is 16.6. The van der Waals surface area contributed by atoms with Gasteiger partial charge in [0.2, 0.25) is 0 Å². The predicted molar refractivity (Wildman–Crippen MR) is 85.0 cm³/mol. The molecule has 1 aliphatic rings. The maximum absolute atomic E-state index is 12.0. The van der Waals surface area contributed by atoms with Gasteiger partial charge in [0.1, 0.15) is 0 Å². The Balaban J connectivity index is 1.74. The first kappa shape index (κ1) is 16.1. The van der Waals surface area contributed by atoms with Gasteiger partial charge in [-0.2, -0.15) is 0 Å². The van der Waals surface area contributed by atoms with Crippen molar-refractivity contribution in [2.75, 3.05) is 25.0 Å². The minimum atomic E-state index is -0.273. The van der Waals surface area contributed by atoms with E-state index < -0.39 is 0 Å². The van der Waals surface area contributed by atoms with Crippen LogP contribution >= 0.6 is 0 Å². The lowest BCUT2D eigenvalue weighted by molar-refractivity contribution is 0.0959. The van der Waals surface area contributed by atoms with Crippen LogP contribution in [0.2, 0.25) is 0 Å². The smallest absolute Gasteiger partial charge is 0.409 e. The predicted octanol–water partition coefficient (Wildman–Crippen LogP) is 2.74. The number of anilines is 1. The molecule has 0 aromatic heterocycles. The van der Waals surface area contributed by atoms with Crippen molar-refractivity contribution in [2.24, 2.45) is 0 Å². The van der Waals surface area contributed by atoms with Gasteiger partial charge in [-0.3, -0.25) is 0 Å². The zero-order valence-corrected chi connectivity index (χ0v) is 13.1. The summed E-state index contributed by atoms with van der Waals surface area (Å²) in [5.74, 6) is 0. The third-order valence-electron chi connectivity index (χ3n) is 3.67. The van der Waals surface area contributed by atoms with Gasteiger partial charge in [-0.25, -0.2) is 9.59 Å². The molecule has 1 aliphatic heterocycles. The monoisotopic (exact) mass is 305 g/mol. The number of nitrogens with one attached hydrogen (secondary N) is 2. The van der Waals surface area contributed by atoms with E-state index in [0.717, 1.165) is 24.1 Å². The van der Waals surface area contributed by atoms with E-state index in [1.54, 1.807) is 11.8 Å². The molecule has 120 valence electrons. The Morgan fingerprint density at radius 3 is 2.45 bits per heavy atom. The number of hydrogen-bond donors (Lipinski definition) is 2. The number of benzene rings is 1. The van der Waals surface area contributed by atoms with Crippen molar-refractivity contribution in [1.82, 2.24) is 10.2 Å². The summed E-state index contributed by atoms with van der Waals surface area (Å²) in [5.41, 5.74) is 1.92. The molecule has 0 unspecified atom stereocenters. The quantitative estimate of drug-likeness (QED) is 0.902. The Hall–Kier alpha value is -2.24. The van der Waals surface area contributed by atoms with Crippen LogP contribution in [-0.4, -0.2) is 42.8 Å². The highest BCUT2D eigenvalue weighted by Gasteiger charge is 2.24. The molecule has 0 spiro atoms. The number of urea groups is 1. The van der Waals surface area contributed by atoms with E-state index in [0.29, 0.717) is 19.7 Å². The topological polar surface area (TPSA) is 70.7 Å². The normalized spacial score (nSPS) is 15.3. The minimum absolute atomic E-state index is 0.0797. The van der Waals surface area contributed by atoms with Crippen LogP contribution in [0.1, 0.15) is 25.3 Å². The fraction of sp³-hybridized carbons (Fsp3) is 0.500. The zero-order valence-electron chi connectivity index (χ0n) is 13.1. The lowest BCUT2D eigenvalue weighted by Crippen LogP contribution is -2.47. The van der Waals surface area contributed by atoms with Crippen molar-refractivity contribution in [3.63, 3.8) is 0 Å². The number of hydrogen-bond acceptors (Lipinski definition) is 3. The summed E-state index contributed by atoms with van der Waals surface area (Å²) in [6.07, 6.45) is 1.20. The summed E-state index contributed by atoms with van der Waals surface area (Å²) < 4.78 is 4.97. The molecular formula is C16H23N3O3. The van der Waals surface area contributed by atoms with Gasteiger partial charge in [-0.05, 0) is 38.8 Å². The van der Waals surface area contributed by atoms with E-state index in [4.69, 9.17) is 4.74 Å². The van der Waals surface area contributed by atoms with E-state index in [1.807, 2.05) is 31.2 Å². The Labute approximate surface area is 130 Å². The molecule has 0 atom stereocenters. The molecule has 0 aliphatic carbocycles. The number of amides is 3. The molecule has 1 heterocycles. The first-order valence-corrected chi connectivity index (χ1v) is 7.64. The van der Waals surface area contributed by atoms with Crippen LogP contribution in [0.15, 0.2) is 24.3 Å². The molecule has 1 fully saturated rings. The number of aryl methyl sites for hydroxylation is 1. The third-order valence-corrected chi connectivity index (χ3v) is 3.67. The minimum Gasteiger partial charge on any atom is -0.450 e. The lowest BCUT2D eigenvalue weighted by Gasteiger charge is -2.31. The summed E-state index contributed by atoms with van der Waals surface area (Å²) in [5, 5.41) is 5.76. The molecular weight excluding hydrogens is 282 g/mol. The van der Waals surface area contributed by atoms with Crippen molar-refractivity contribution < 1.29 is 14.3 Å². The van der Waals surface area contributed by atoms with E-state index in [2.05, 4.69) is 10.6 Å². The molecule has 0 bridgehead atoms. The van der Waals surface area contributed by atoms with Crippen molar-refractivity contribution in [1.29, 1.82) is 0 Å². The summed E-state index contributed by atoms with van der Waals surface area (Å²) in [4.78, 5) is 25.2. The average Bonchev–Trinajstić information content (AvgIpc) is 2.50. The number of carbonyl (C=O) groups is 2. The maximum Gasteiger partial charge on any atom is 0.409 e. The average molecular weight is 305 g/mol. The van der Waals surface area contributed by atoms with Crippen LogP contribution in [0, 0.1) is 6.92 Å². The van der Waals surface area contributed by atoms with E-state index in [9.17, 15) is 9.59 Å². The molecule has 2 rings (SSSR count). The van der Waals surface area contributed by atoms with E-state index in [-0.39, 0.29) is 18.2 Å². The first-order valence-electron chi connectivity index (χ1n) is 7.64. The number of piperidine rings is 1. The summed E-state index contributed by atoms with van der Waals surface area (Å²) in [6, 6.07) is 7.52. The fourth-order valence-electron chi connectivity index (χ4n) is 2.41. The fourth-order valence-corrected chi connectivity index (χ4v) is 2.41. The molecule has 6 nitrogen and oxygen atoms in total. The Morgan fingerprint density at radius 1 is 1.23 bits per heavy atom. The second kappa shape index (κ2) is 7.68. The number of carbonyl (C=O) groups excluding carboxylic acids is 2. The molecule has 1 saturated heterocycles. The van der Waals surface area contributed by atoms with Crippen molar-refractivity contribution in [2.45, 2.75) is 32.7 Å². The summed E-state index contributed by atoms with van der Waals surface area (Å²) >= 11 is 0. The lowest BCUT2D eigenvalue weighted by atomic mass is 10.1. The highest BCUT2D eigenvalue weighted by molar-refractivity contribution is 5.89. The van der Waals surface area contributed by atoms with Crippen molar-refractivity contribution >= 4 is 17.8 Å². The second-order valence-corrected chi connectivity index (χ2v) is 5.42. The number of nitrogens with zero attached hydrogens (tertiary/aromatic N) is 1. The second-order valence-electron chi connectivity index (χ2n) is 5.42. The Bertz CT molecular complexity index is 508.